The molecule has 0 fully saturated rings. The molecule has 0 aromatic heterocycles. The molecule has 0 aliphatic rings. The molecule has 0 aliphatic carbocycles. The minimum absolute atomic E-state index is 0.125. The van der Waals surface area contributed by atoms with Gasteiger partial charge in [-0.15, -0.1) is 0 Å². The Morgan fingerprint density at radius 1 is 1.29 bits per heavy atom. The molecule has 17 heavy (non-hydrogen) atoms. The molecule has 0 bridgehead atoms. The third-order valence-electron chi connectivity index (χ3n) is 2.02. The van der Waals surface area contributed by atoms with Crippen LogP contribution < -0.4 is 5.32 Å². The van der Waals surface area contributed by atoms with E-state index in [9.17, 15) is 22.4 Å². The molecule has 0 heterocycles. The fourth-order valence-electron chi connectivity index (χ4n) is 1.31. The summed E-state index contributed by atoms with van der Waals surface area (Å²) < 4.78 is 48.6. The molecule has 1 unspecified atom stereocenters. The molecule has 0 aliphatic heterocycles. The van der Waals surface area contributed by atoms with Crippen LogP contribution in [0.3, 0.4) is 0 Å². The highest BCUT2D eigenvalue weighted by Crippen LogP contribution is 2.21. The Kier molecular flexibility index (Phi) is 4.09. The Labute approximate surface area is 95.6 Å². The molecule has 1 amide bonds. The SMILES string of the molecule is CC(CC(F)(F)F)NC(=O)c1ccc(F)cc1. The topological polar surface area (TPSA) is 29.1 Å². The van der Waals surface area contributed by atoms with E-state index < -0.39 is 30.4 Å². The average molecular weight is 249 g/mol. The van der Waals surface area contributed by atoms with Crippen LogP contribution in [-0.2, 0) is 0 Å². The van der Waals surface area contributed by atoms with Crippen molar-refractivity contribution in [3.63, 3.8) is 0 Å². The summed E-state index contributed by atoms with van der Waals surface area (Å²) in [6, 6.07) is 3.55. The second kappa shape index (κ2) is 5.16. The Morgan fingerprint density at radius 3 is 2.29 bits per heavy atom. The highest BCUT2D eigenvalue weighted by Gasteiger charge is 2.30. The number of hydrogen-bond donors (Lipinski definition) is 1. The molecule has 1 rings (SSSR count). The highest BCUT2D eigenvalue weighted by atomic mass is 19.4. The van der Waals surface area contributed by atoms with Crippen molar-refractivity contribution < 1.29 is 22.4 Å². The Morgan fingerprint density at radius 2 is 1.82 bits per heavy atom. The predicted molar refractivity (Wildman–Crippen MR) is 54.0 cm³/mol. The van der Waals surface area contributed by atoms with Gasteiger partial charge in [-0.1, -0.05) is 0 Å². The monoisotopic (exact) mass is 249 g/mol. The van der Waals surface area contributed by atoms with E-state index in [1.807, 2.05) is 0 Å². The summed E-state index contributed by atoms with van der Waals surface area (Å²) in [6.45, 7) is 1.26. The van der Waals surface area contributed by atoms with Gasteiger partial charge in [-0.05, 0) is 31.2 Å². The van der Waals surface area contributed by atoms with E-state index in [1.165, 1.54) is 19.1 Å². The maximum Gasteiger partial charge on any atom is 0.391 e. The zero-order valence-corrected chi connectivity index (χ0v) is 9.01. The molecule has 1 aromatic carbocycles. The van der Waals surface area contributed by atoms with Crippen molar-refractivity contribution >= 4 is 5.91 Å². The molecule has 0 saturated carbocycles. The van der Waals surface area contributed by atoms with Crippen molar-refractivity contribution in [1.29, 1.82) is 0 Å². The molecule has 1 N–H and O–H groups in total. The van der Waals surface area contributed by atoms with Crippen molar-refractivity contribution in [1.82, 2.24) is 5.32 Å². The first-order valence-corrected chi connectivity index (χ1v) is 4.91. The van der Waals surface area contributed by atoms with Crippen LogP contribution in [0.2, 0.25) is 0 Å². The molecular weight excluding hydrogens is 238 g/mol. The van der Waals surface area contributed by atoms with Gasteiger partial charge in [0.1, 0.15) is 5.82 Å². The van der Waals surface area contributed by atoms with Gasteiger partial charge in [0, 0.05) is 11.6 Å². The standard InChI is InChI=1S/C11H11F4NO/c1-7(6-11(13,14)15)16-10(17)8-2-4-9(12)5-3-8/h2-5,7H,6H2,1H3,(H,16,17). The van der Waals surface area contributed by atoms with E-state index >= 15 is 0 Å². The van der Waals surface area contributed by atoms with Crippen LogP contribution in [0.15, 0.2) is 24.3 Å². The number of hydrogen-bond acceptors (Lipinski definition) is 1. The van der Waals surface area contributed by atoms with Gasteiger partial charge in [-0.2, -0.15) is 13.2 Å². The summed E-state index contributed by atoms with van der Waals surface area (Å²) in [5.41, 5.74) is 0.125. The lowest BCUT2D eigenvalue weighted by molar-refractivity contribution is -0.138. The first kappa shape index (κ1) is 13.5. The van der Waals surface area contributed by atoms with Gasteiger partial charge in [-0.3, -0.25) is 4.79 Å². The molecule has 6 heteroatoms. The second-order valence-electron chi connectivity index (χ2n) is 3.70. The van der Waals surface area contributed by atoms with Crippen LogP contribution in [0.4, 0.5) is 17.6 Å². The van der Waals surface area contributed by atoms with Crippen LogP contribution in [0.5, 0.6) is 0 Å². The van der Waals surface area contributed by atoms with Gasteiger partial charge in [0.15, 0.2) is 0 Å². The lowest BCUT2D eigenvalue weighted by atomic mass is 10.1. The third-order valence-corrected chi connectivity index (χ3v) is 2.02. The minimum atomic E-state index is -4.32. The van der Waals surface area contributed by atoms with E-state index in [2.05, 4.69) is 5.32 Å². The molecular formula is C11H11F4NO. The predicted octanol–water partition coefficient (Wildman–Crippen LogP) is 2.90. The van der Waals surface area contributed by atoms with Crippen LogP contribution in [-0.4, -0.2) is 18.1 Å². The summed E-state index contributed by atoms with van der Waals surface area (Å²) >= 11 is 0. The summed E-state index contributed by atoms with van der Waals surface area (Å²) in [5, 5.41) is 2.19. The van der Waals surface area contributed by atoms with E-state index in [0.29, 0.717) is 0 Å². The van der Waals surface area contributed by atoms with Gasteiger partial charge in [0.05, 0.1) is 6.42 Å². The average Bonchev–Trinajstić information content (AvgIpc) is 2.15. The lowest BCUT2D eigenvalue weighted by Gasteiger charge is -2.15. The van der Waals surface area contributed by atoms with Gasteiger partial charge in [-0.25, -0.2) is 4.39 Å². The number of carbonyl (C=O) groups excluding carboxylic acids is 1. The van der Waals surface area contributed by atoms with E-state index in [4.69, 9.17) is 0 Å². The van der Waals surface area contributed by atoms with E-state index in [1.54, 1.807) is 0 Å². The van der Waals surface area contributed by atoms with Crippen LogP contribution in [0.25, 0.3) is 0 Å². The first-order chi connectivity index (χ1) is 7.78. The molecule has 0 saturated heterocycles. The van der Waals surface area contributed by atoms with E-state index in [-0.39, 0.29) is 5.56 Å². The Bertz CT molecular complexity index is 385. The van der Waals surface area contributed by atoms with Crippen molar-refractivity contribution in [2.45, 2.75) is 25.6 Å². The van der Waals surface area contributed by atoms with Gasteiger partial charge < -0.3 is 5.32 Å². The smallest absolute Gasteiger partial charge is 0.349 e. The Balaban J connectivity index is 2.57. The Hall–Kier alpha value is -1.59. The number of carbonyl (C=O) groups is 1. The highest BCUT2D eigenvalue weighted by molar-refractivity contribution is 5.94. The third kappa shape index (κ3) is 4.84. The fraction of sp³-hybridized carbons (Fsp3) is 0.364. The largest absolute Gasteiger partial charge is 0.391 e. The van der Waals surface area contributed by atoms with Crippen molar-refractivity contribution in [2.24, 2.45) is 0 Å². The van der Waals surface area contributed by atoms with Gasteiger partial charge in [0.2, 0.25) is 0 Å². The molecule has 2 nitrogen and oxygen atoms in total. The quantitative estimate of drug-likeness (QED) is 0.820. The van der Waals surface area contributed by atoms with E-state index in [0.717, 1.165) is 12.1 Å². The molecule has 0 spiro atoms. The van der Waals surface area contributed by atoms with Crippen molar-refractivity contribution in [3.8, 4) is 0 Å². The summed E-state index contributed by atoms with van der Waals surface area (Å²) in [5.74, 6) is -1.16. The molecule has 94 valence electrons. The number of alkyl halides is 3. The lowest BCUT2D eigenvalue weighted by Crippen LogP contribution is -2.35. The minimum Gasteiger partial charge on any atom is -0.349 e. The number of amides is 1. The zero-order valence-electron chi connectivity index (χ0n) is 9.01. The summed E-state index contributed by atoms with van der Waals surface area (Å²) in [7, 11) is 0. The zero-order chi connectivity index (χ0) is 13.1. The van der Waals surface area contributed by atoms with Gasteiger partial charge in [0.25, 0.3) is 5.91 Å². The van der Waals surface area contributed by atoms with Crippen LogP contribution in [0.1, 0.15) is 23.7 Å². The van der Waals surface area contributed by atoms with Crippen LogP contribution in [0, 0.1) is 5.82 Å². The molecule has 1 aromatic rings. The normalized spacial score (nSPS) is 13.2. The van der Waals surface area contributed by atoms with Crippen LogP contribution >= 0.6 is 0 Å². The number of nitrogens with one attached hydrogen (secondary N) is 1. The fourth-order valence-corrected chi connectivity index (χ4v) is 1.31. The molecule has 1 atom stereocenters. The summed E-state index contributed by atoms with van der Waals surface area (Å²) in [6.07, 6.45) is -5.42. The van der Waals surface area contributed by atoms with Crippen molar-refractivity contribution in [2.75, 3.05) is 0 Å². The van der Waals surface area contributed by atoms with Gasteiger partial charge >= 0.3 is 6.18 Å². The maximum absolute atomic E-state index is 12.6. The second-order valence-corrected chi connectivity index (χ2v) is 3.70. The first-order valence-electron chi connectivity index (χ1n) is 4.91. The maximum atomic E-state index is 12.6. The number of benzene rings is 1. The van der Waals surface area contributed by atoms with Crippen molar-refractivity contribution in [3.05, 3.63) is 35.6 Å². The number of halogens is 4. The molecule has 0 radical (unpaired) electrons. The summed E-state index contributed by atoms with van der Waals surface area (Å²) in [4.78, 5) is 11.5. The number of rotatable bonds is 3.